The van der Waals surface area contributed by atoms with Gasteiger partial charge >= 0.3 is 5.97 Å². The number of carboxylic acids is 1. The van der Waals surface area contributed by atoms with Gasteiger partial charge in [-0.2, -0.15) is 0 Å². The number of nitrogens with one attached hydrogen (secondary N) is 1. The van der Waals surface area contributed by atoms with E-state index in [0.29, 0.717) is 24.5 Å². The number of carbonyl (C=O) groups excluding carboxylic acids is 1. The number of carbonyl (C=O) groups is 2. The van der Waals surface area contributed by atoms with Gasteiger partial charge in [-0.15, -0.1) is 0 Å². The van der Waals surface area contributed by atoms with Crippen LogP contribution < -0.4 is 10.1 Å². The van der Waals surface area contributed by atoms with Crippen molar-refractivity contribution in [2.24, 2.45) is 0 Å². The Morgan fingerprint density at radius 2 is 1.86 bits per heavy atom. The number of rotatable bonds is 7. The summed E-state index contributed by atoms with van der Waals surface area (Å²) < 4.78 is 5.69. The Morgan fingerprint density at radius 1 is 1.07 bits per heavy atom. The predicted octanol–water partition coefficient (Wildman–Crippen LogP) is 4.02. The molecule has 3 rings (SSSR count). The highest BCUT2D eigenvalue weighted by molar-refractivity contribution is 5.95. The maximum atomic E-state index is 12.8. The molecule has 1 heterocycles. The Hall–Kier alpha value is -3.02. The van der Waals surface area contributed by atoms with Crippen LogP contribution in [0.15, 0.2) is 42.5 Å². The van der Waals surface area contributed by atoms with Crippen molar-refractivity contribution >= 4 is 17.6 Å². The molecule has 1 saturated heterocycles. The van der Waals surface area contributed by atoms with E-state index >= 15 is 0 Å². The number of carboxylic acid groups (broad SMARTS) is 1. The van der Waals surface area contributed by atoms with Crippen molar-refractivity contribution in [1.82, 2.24) is 4.90 Å². The van der Waals surface area contributed by atoms with Crippen LogP contribution in [-0.2, 0) is 6.54 Å². The highest BCUT2D eigenvalue weighted by Gasteiger charge is 2.19. The number of benzene rings is 2. The molecule has 1 aliphatic heterocycles. The molecule has 2 N–H and O–H groups in total. The highest BCUT2D eigenvalue weighted by Crippen LogP contribution is 2.28. The minimum absolute atomic E-state index is 0.0404. The number of piperidine rings is 1. The molecule has 2 aromatic carbocycles. The topological polar surface area (TPSA) is 78.9 Å². The standard InChI is InChI=1S/C22H26N2O4/c1-2-28-20-10-9-17(21(25)24-11-4-3-5-12-24)14-19(20)23-15-16-7-6-8-18(13-16)22(26)27/h6-10,13-14,23H,2-5,11-12,15H2,1H3,(H,26,27). The quantitative estimate of drug-likeness (QED) is 0.756. The second kappa shape index (κ2) is 9.26. The maximum Gasteiger partial charge on any atom is 0.335 e. The van der Waals surface area contributed by atoms with Gasteiger partial charge < -0.3 is 20.1 Å². The third-order valence-electron chi connectivity index (χ3n) is 4.83. The maximum absolute atomic E-state index is 12.8. The average Bonchev–Trinajstić information content (AvgIpc) is 2.73. The fourth-order valence-electron chi connectivity index (χ4n) is 3.37. The summed E-state index contributed by atoms with van der Waals surface area (Å²) in [6, 6.07) is 12.2. The summed E-state index contributed by atoms with van der Waals surface area (Å²) in [6.45, 7) is 4.46. The summed E-state index contributed by atoms with van der Waals surface area (Å²) in [5, 5.41) is 12.4. The van der Waals surface area contributed by atoms with Gasteiger partial charge in [-0.25, -0.2) is 4.79 Å². The first-order valence-corrected chi connectivity index (χ1v) is 9.70. The Morgan fingerprint density at radius 3 is 2.57 bits per heavy atom. The fourth-order valence-corrected chi connectivity index (χ4v) is 3.37. The number of hydrogen-bond donors (Lipinski definition) is 2. The van der Waals surface area contributed by atoms with Crippen molar-refractivity contribution in [3.8, 4) is 5.75 Å². The summed E-state index contributed by atoms with van der Waals surface area (Å²) in [5.74, 6) is -0.239. The molecular weight excluding hydrogens is 356 g/mol. The number of aromatic carboxylic acids is 1. The van der Waals surface area contributed by atoms with Gasteiger partial charge in [0.15, 0.2) is 0 Å². The molecule has 6 nitrogen and oxygen atoms in total. The highest BCUT2D eigenvalue weighted by atomic mass is 16.5. The van der Waals surface area contributed by atoms with E-state index in [-0.39, 0.29) is 11.5 Å². The third-order valence-corrected chi connectivity index (χ3v) is 4.83. The molecule has 28 heavy (non-hydrogen) atoms. The van der Waals surface area contributed by atoms with Crippen molar-refractivity contribution in [2.75, 3.05) is 25.0 Å². The summed E-state index contributed by atoms with van der Waals surface area (Å²) in [4.78, 5) is 25.9. The van der Waals surface area contributed by atoms with E-state index in [4.69, 9.17) is 9.84 Å². The second-order valence-corrected chi connectivity index (χ2v) is 6.86. The molecule has 0 aromatic heterocycles. The van der Waals surface area contributed by atoms with Crippen molar-refractivity contribution in [2.45, 2.75) is 32.7 Å². The van der Waals surface area contributed by atoms with Gasteiger partial charge in [0.2, 0.25) is 0 Å². The van der Waals surface area contributed by atoms with Gasteiger partial charge in [0.25, 0.3) is 5.91 Å². The number of likely N-dealkylation sites (tertiary alicyclic amines) is 1. The summed E-state index contributed by atoms with van der Waals surface area (Å²) in [6.07, 6.45) is 3.27. The fraction of sp³-hybridized carbons (Fsp3) is 0.364. The van der Waals surface area contributed by atoms with Crippen LogP contribution >= 0.6 is 0 Å². The van der Waals surface area contributed by atoms with Crippen LogP contribution in [0.3, 0.4) is 0 Å². The molecule has 0 unspecified atom stereocenters. The monoisotopic (exact) mass is 382 g/mol. The molecule has 1 fully saturated rings. The molecule has 2 aromatic rings. The molecule has 6 heteroatoms. The molecule has 0 bridgehead atoms. The van der Waals surface area contributed by atoms with Crippen molar-refractivity contribution in [1.29, 1.82) is 0 Å². The van der Waals surface area contributed by atoms with E-state index in [9.17, 15) is 9.59 Å². The molecule has 0 aliphatic carbocycles. The van der Waals surface area contributed by atoms with Crippen LogP contribution in [0.2, 0.25) is 0 Å². The first-order valence-electron chi connectivity index (χ1n) is 9.70. The van der Waals surface area contributed by atoms with E-state index in [1.165, 1.54) is 6.42 Å². The van der Waals surface area contributed by atoms with Crippen molar-refractivity contribution < 1.29 is 19.4 Å². The average molecular weight is 382 g/mol. The van der Waals surface area contributed by atoms with Crippen LogP contribution in [0.4, 0.5) is 5.69 Å². The molecule has 0 atom stereocenters. The lowest BCUT2D eigenvalue weighted by molar-refractivity contribution is 0.0694. The smallest absolute Gasteiger partial charge is 0.335 e. The Labute approximate surface area is 165 Å². The van der Waals surface area contributed by atoms with Crippen LogP contribution in [0.25, 0.3) is 0 Å². The van der Waals surface area contributed by atoms with Gasteiger partial charge in [-0.1, -0.05) is 12.1 Å². The minimum atomic E-state index is -0.953. The normalized spacial score (nSPS) is 13.8. The number of amides is 1. The first-order chi connectivity index (χ1) is 13.6. The molecule has 0 radical (unpaired) electrons. The van der Waals surface area contributed by atoms with Gasteiger partial charge in [0, 0.05) is 25.2 Å². The van der Waals surface area contributed by atoms with Crippen LogP contribution in [0.5, 0.6) is 5.75 Å². The Balaban J connectivity index is 1.78. The van der Waals surface area contributed by atoms with E-state index in [1.54, 1.807) is 24.3 Å². The van der Waals surface area contributed by atoms with E-state index in [2.05, 4.69) is 5.32 Å². The van der Waals surface area contributed by atoms with Gasteiger partial charge in [0.1, 0.15) is 5.75 Å². The summed E-state index contributed by atoms with van der Waals surface area (Å²) in [5.41, 5.74) is 2.45. The van der Waals surface area contributed by atoms with Crippen LogP contribution in [0, 0.1) is 0 Å². The zero-order chi connectivity index (χ0) is 19.9. The van der Waals surface area contributed by atoms with Gasteiger partial charge in [0.05, 0.1) is 17.9 Å². The summed E-state index contributed by atoms with van der Waals surface area (Å²) >= 11 is 0. The molecule has 148 valence electrons. The molecule has 0 spiro atoms. The van der Waals surface area contributed by atoms with Crippen LogP contribution in [-0.4, -0.2) is 41.6 Å². The zero-order valence-electron chi connectivity index (χ0n) is 16.1. The largest absolute Gasteiger partial charge is 0.492 e. The predicted molar refractivity (Wildman–Crippen MR) is 108 cm³/mol. The third kappa shape index (κ3) is 4.82. The van der Waals surface area contributed by atoms with E-state index in [1.807, 2.05) is 30.0 Å². The summed E-state index contributed by atoms with van der Waals surface area (Å²) in [7, 11) is 0. The number of hydrogen-bond acceptors (Lipinski definition) is 4. The number of nitrogens with zero attached hydrogens (tertiary/aromatic N) is 1. The Bertz CT molecular complexity index is 844. The lowest BCUT2D eigenvalue weighted by atomic mass is 10.1. The SMILES string of the molecule is CCOc1ccc(C(=O)N2CCCCC2)cc1NCc1cccc(C(=O)O)c1. The minimum Gasteiger partial charge on any atom is -0.492 e. The zero-order valence-corrected chi connectivity index (χ0v) is 16.1. The number of anilines is 1. The van der Waals surface area contributed by atoms with E-state index < -0.39 is 5.97 Å². The Kier molecular flexibility index (Phi) is 6.53. The first kappa shape index (κ1) is 19.7. The van der Waals surface area contributed by atoms with Crippen molar-refractivity contribution in [3.63, 3.8) is 0 Å². The van der Waals surface area contributed by atoms with Gasteiger partial charge in [-0.05, 0) is 62.1 Å². The van der Waals surface area contributed by atoms with Crippen molar-refractivity contribution in [3.05, 3.63) is 59.2 Å². The number of ether oxygens (including phenoxy) is 1. The molecule has 1 amide bonds. The molecular formula is C22H26N2O4. The molecule has 1 aliphatic rings. The van der Waals surface area contributed by atoms with Gasteiger partial charge in [-0.3, -0.25) is 4.79 Å². The lowest BCUT2D eigenvalue weighted by Gasteiger charge is -2.27. The van der Waals surface area contributed by atoms with E-state index in [0.717, 1.165) is 37.2 Å². The molecule has 0 saturated carbocycles. The lowest BCUT2D eigenvalue weighted by Crippen LogP contribution is -2.35. The van der Waals surface area contributed by atoms with Crippen LogP contribution in [0.1, 0.15) is 52.5 Å². The second-order valence-electron chi connectivity index (χ2n) is 6.86.